The maximum atomic E-state index is 12.3. The summed E-state index contributed by atoms with van der Waals surface area (Å²) >= 11 is 1.59. The van der Waals surface area contributed by atoms with E-state index in [9.17, 15) is 4.79 Å². The topological polar surface area (TPSA) is 54.0 Å². The minimum atomic E-state index is -0.00995. The fourth-order valence-electron chi connectivity index (χ4n) is 2.29. The third kappa shape index (κ3) is 2.23. The number of pyridine rings is 1. The molecule has 2 aromatic heterocycles. The third-order valence-electron chi connectivity index (χ3n) is 3.23. The zero-order valence-electron chi connectivity index (χ0n) is 9.98. The number of hydrogen-bond donors (Lipinski definition) is 2. The molecule has 4 nitrogen and oxygen atoms in total. The smallest absolute Gasteiger partial charge is 0.254 e. The molecule has 1 amide bonds. The minimum absolute atomic E-state index is 0.00995. The highest BCUT2D eigenvalue weighted by Gasteiger charge is 2.18. The molecule has 94 valence electrons. The second-order valence-electron chi connectivity index (χ2n) is 4.54. The van der Waals surface area contributed by atoms with Crippen molar-refractivity contribution >= 4 is 27.3 Å². The normalized spacial score (nSPS) is 19.9. The van der Waals surface area contributed by atoms with Crippen LogP contribution in [-0.2, 0) is 0 Å². The van der Waals surface area contributed by atoms with Gasteiger partial charge in [0, 0.05) is 30.4 Å². The van der Waals surface area contributed by atoms with Crippen LogP contribution in [0.25, 0.3) is 10.1 Å². The molecule has 0 saturated carbocycles. The molecule has 1 atom stereocenters. The number of carbonyl (C=O) groups is 1. The lowest BCUT2D eigenvalue weighted by molar-refractivity contribution is 0.0932. The van der Waals surface area contributed by atoms with Gasteiger partial charge < -0.3 is 10.6 Å². The lowest BCUT2D eigenvalue weighted by Gasteiger charge is -2.23. The van der Waals surface area contributed by atoms with E-state index in [1.807, 2.05) is 11.4 Å². The lowest BCUT2D eigenvalue weighted by Crippen LogP contribution is -2.45. The quantitative estimate of drug-likeness (QED) is 0.866. The number of amides is 1. The molecule has 0 radical (unpaired) electrons. The molecule has 1 saturated heterocycles. The Kier molecular flexibility index (Phi) is 3.25. The summed E-state index contributed by atoms with van der Waals surface area (Å²) in [5.74, 6) is -0.00995. The van der Waals surface area contributed by atoms with E-state index in [4.69, 9.17) is 0 Å². The number of aromatic nitrogens is 1. The van der Waals surface area contributed by atoms with Gasteiger partial charge in [0.05, 0.1) is 10.3 Å². The Morgan fingerprint density at radius 2 is 2.44 bits per heavy atom. The predicted molar refractivity (Wildman–Crippen MR) is 73.0 cm³/mol. The van der Waals surface area contributed by atoms with Crippen molar-refractivity contribution in [2.24, 2.45) is 0 Å². The number of thiophene rings is 1. The predicted octanol–water partition coefficient (Wildman–Crippen LogP) is 1.78. The van der Waals surface area contributed by atoms with E-state index in [1.54, 1.807) is 23.7 Å². The average Bonchev–Trinajstić information content (AvgIpc) is 2.87. The van der Waals surface area contributed by atoms with Crippen LogP contribution >= 0.6 is 11.3 Å². The van der Waals surface area contributed by atoms with E-state index < -0.39 is 0 Å². The van der Waals surface area contributed by atoms with Gasteiger partial charge in [0.25, 0.3) is 5.91 Å². The Morgan fingerprint density at radius 1 is 1.50 bits per heavy atom. The Labute approximate surface area is 109 Å². The molecule has 1 aliphatic rings. The summed E-state index contributed by atoms with van der Waals surface area (Å²) in [4.78, 5) is 16.4. The molecular weight excluding hydrogens is 246 g/mol. The van der Waals surface area contributed by atoms with E-state index in [1.165, 1.54) is 0 Å². The highest BCUT2D eigenvalue weighted by Crippen LogP contribution is 2.23. The maximum Gasteiger partial charge on any atom is 0.254 e. The van der Waals surface area contributed by atoms with Crippen molar-refractivity contribution in [1.29, 1.82) is 0 Å². The molecule has 2 aromatic rings. The van der Waals surface area contributed by atoms with Crippen LogP contribution in [0.3, 0.4) is 0 Å². The molecular formula is C13H15N3OS. The molecule has 2 N–H and O–H groups in total. The van der Waals surface area contributed by atoms with Gasteiger partial charge in [0.2, 0.25) is 0 Å². The summed E-state index contributed by atoms with van der Waals surface area (Å²) < 4.78 is 1.02. The lowest BCUT2D eigenvalue weighted by atomic mass is 10.1. The molecule has 0 aliphatic carbocycles. The zero-order chi connectivity index (χ0) is 12.4. The molecule has 3 rings (SSSR count). The second-order valence-corrected chi connectivity index (χ2v) is 5.46. The molecule has 0 spiro atoms. The van der Waals surface area contributed by atoms with Crippen LogP contribution in [0.15, 0.2) is 23.8 Å². The monoisotopic (exact) mass is 261 g/mol. The van der Waals surface area contributed by atoms with Crippen molar-refractivity contribution in [2.45, 2.75) is 18.9 Å². The van der Waals surface area contributed by atoms with Gasteiger partial charge in [0.1, 0.15) is 0 Å². The van der Waals surface area contributed by atoms with Crippen LogP contribution in [0.2, 0.25) is 0 Å². The van der Waals surface area contributed by atoms with Crippen molar-refractivity contribution in [1.82, 2.24) is 15.6 Å². The summed E-state index contributed by atoms with van der Waals surface area (Å²) in [6.45, 7) is 1.91. The Bertz CT molecular complexity index is 560. The second kappa shape index (κ2) is 5.04. The molecule has 18 heavy (non-hydrogen) atoms. The highest BCUT2D eigenvalue weighted by atomic mass is 32.1. The maximum absolute atomic E-state index is 12.3. The zero-order valence-corrected chi connectivity index (χ0v) is 10.8. The van der Waals surface area contributed by atoms with Gasteiger partial charge in [-0.3, -0.25) is 9.78 Å². The van der Waals surface area contributed by atoms with Gasteiger partial charge in [0.15, 0.2) is 0 Å². The van der Waals surface area contributed by atoms with E-state index in [-0.39, 0.29) is 11.9 Å². The molecule has 1 aliphatic heterocycles. The average molecular weight is 261 g/mol. The van der Waals surface area contributed by atoms with Crippen molar-refractivity contribution < 1.29 is 4.79 Å². The van der Waals surface area contributed by atoms with Crippen LogP contribution in [0.4, 0.5) is 0 Å². The van der Waals surface area contributed by atoms with Gasteiger partial charge in [-0.15, -0.1) is 11.3 Å². The number of fused-ring (bicyclic) bond motifs is 1. The fraction of sp³-hybridized carbons (Fsp3) is 0.385. The van der Waals surface area contributed by atoms with Gasteiger partial charge >= 0.3 is 0 Å². The van der Waals surface area contributed by atoms with E-state index in [2.05, 4.69) is 15.6 Å². The molecule has 1 unspecified atom stereocenters. The van der Waals surface area contributed by atoms with E-state index >= 15 is 0 Å². The molecule has 5 heteroatoms. The number of rotatable bonds is 2. The number of nitrogens with one attached hydrogen (secondary N) is 2. The standard InChI is InChI=1S/C13H15N3OS/c17-13(16-10-2-1-4-14-7-10)11-8-15-6-9-3-5-18-12(9)11/h3,5-6,8,10,14H,1-2,4,7H2,(H,16,17). The number of hydrogen-bond acceptors (Lipinski definition) is 4. The van der Waals surface area contributed by atoms with Crippen LogP contribution < -0.4 is 10.6 Å². The summed E-state index contributed by atoms with van der Waals surface area (Å²) in [5.41, 5.74) is 0.688. The van der Waals surface area contributed by atoms with Crippen LogP contribution in [-0.4, -0.2) is 30.0 Å². The minimum Gasteiger partial charge on any atom is -0.348 e. The van der Waals surface area contributed by atoms with Crippen molar-refractivity contribution in [3.63, 3.8) is 0 Å². The first kappa shape index (κ1) is 11.6. The Balaban J connectivity index is 1.81. The Morgan fingerprint density at radius 3 is 3.28 bits per heavy atom. The molecule has 1 fully saturated rings. The van der Waals surface area contributed by atoms with Gasteiger partial charge in [-0.25, -0.2) is 0 Å². The van der Waals surface area contributed by atoms with Gasteiger partial charge in [-0.05, 0) is 30.8 Å². The largest absolute Gasteiger partial charge is 0.348 e. The summed E-state index contributed by atoms with van der Waals surface area (Å²) in [5, 5.41) is 9.41. The van der Waals surface area contributed by atoms with Crippen molar-refractivity contribution in [3.8, 4) is 0 Å². The first-order valence-electron chi connectivity index (χ1n) is 6.17. The number of piperidine rings is 1. The van der Waals surface area contributed by atoms with E-state index in [0.717, 1.165) is 36.0 Å². The Hall–Kier alpha value is -1.46. The SMILES string of the molecule is O=C(NC1CCCNC1)c1cncc2ccsc12. The van der Waals surface area contributed by atoms with Crippen LogP contribution in [0.5, 0.6) is 0 Å². The molecule has 0 bridgehead atoms. The number of nitrogens with zero attached hydrogens (tertiary/aromatic N) is 1. The fourth-order valence-corrected chi connectivity index (χ4v) is 3.17. The summed E-state index contributed by atoms with van der Waals surface area (Å²) in [6.07, 6.45) is 5.62. The highest BCUT2D eigenvalue weighted by molar-refractivity contribution is 7.17. The first-order chi connectivity index (χ1) is 8.84. The van der Waals surface area contributed by atoms with Crippen molar-refractivity contribution in [3.05, 3.63) is 29.4 Å². The van der Waals surface area contributed by atoms with Crippen molar-refractivity contribution in [2.75, 3.05) is 13.1 Å². The third-order valence-corrected chi connectivity index (χ3v) is 4.20. The van der Waals surface area contributed by atoms with Gasteiger partial charge in [-0.2, -0.15) is 0 Å². The van der Waals surface area contributed by atoms with Crippen LogP contribution in [0.1, 0.15) is 23.2 Å². The molecule has 0 aromatic carbocycles. The first-order valence-corrected chi connectivity index (χ1v) is 7.05. The summed E-state index contributed by atoms with van der Waals surface area (Å²) in [6, 6.07) is 2.23. The number of carbonyl (C=O) groups excluding carboxylic acids is 1. The molecule has 3 heterocycles. The van der Waals surface area contributed by atoms with E-state index in [0.29, 0.717) is 5.56 Å². The van der Waals surface area contributed by atoms with Crippen LogP contribution in [0, 0.1) is 0 Å². The van der Waals surface area contributed by atoms with Gasteiger partial charge in [-0.1, -0.05) is 0 Å². The summed E-state index contributed by atoms with van der Waals surface area (Å²) in [7, 11) is 0.